The molecule has 0 saturated heterocycles. The lowest BCUT2D eigenvalue weighted by Crippen LogP contribution is -2.66. The number of carbonyl (C=O) groups excluding carboxylic acids is 3. The van der Waals surface area contributed by atoms with Gasteiger partial charge in [0.05, 0.1) is 0 Å². The topological polar surface area (TPSA) is 101 Å². The zero-order chi connectivity index (χ0) is 24.1. The molecule has 6 heteroatoms. The Morgan fingerprint density at radius 1 is 1.03 bits per heavy atom. The van der Waals surface area contributed by atoms with Gasteiger partial charge in [-0.05, 0) is 45.8 Å². The van der Waals surface area contributed by atoms with Crippen LogP contribution < -0.4 is 0 Å². The fourth-order valence-electron chi connectivity index (χ4n) is 3.46. The van der Waals surface area contributed by atoms with Gasteiger partial charge in [0.1, 0.15) is 5.76 Å². The van der Waals surface area contributed by atoms with Gasteiger partial charge in [-0.1, -0.05) is 59.7 Å². The third kappa shape index (κ3) is 4.71. The van der Waals surface area contributed by atoms with E-state index in [1.54, 1.807) is 56.3 Å². The highest BCUT2D eigenvalue weighted by Gasteiger charge is 2.64. The Morgan fingerprint density at radius 3 is 2.16 bits per heavy atom. The van der Waals surface area contributed by atoms with Crippen molar-refractivity contribution in [2.45, 2.75) is 51.7 Å². The van der Waals surface area contributed by atoms with E-state index in [4.69, 9.17) is 4.74 Å². The molecule has 0 bridgehead atoms. The zero-order valence-corrected chi connectivity index (χ0v) is 19.1. The monoisotopic (exact) mass is 438 g/mol. The summed E-state index contributed by atoms with van der Waals surface area (Å²) < 4.78 is 5.44. The van der Waals surface area contributed by atoms with Crippen LogP contribution in [0.3, 0.4) is 0 Å². The second-order valence-corrected chi connectivity index (χ2v) is 8.31. The summed E-state index contributed by atoms with van der Waals surface area (Å²) in [7, 11) is 1.20. The minimum Gasteiger partial charge on any atom is -0.508 e. The van der Waals surface area contributed by atoms with E-state index in [0.717, 1.165) is 17.2 Å². The Hall–Kier alpha value is -3.09. The largest absolute Gasteiger partial charge is 0.508 e. The van der Waals surface area contributed by atoms with E-state index in [2.05, 4.69) is 0 Å². The van der Waals surface area contributed by atoms with E-state index in [-0.39, 0.29) is 18.4 Å². The molecule has 0 saturated carbocycles. The molecule has 0 aliphatic heterocycles. The van der Waals surface area contributed by atoms with Gasteiger partial charge in [-0.15, -0.1) is 0 Å². The number of carbonyl (C=O) groups is 3. The van der Waals surface area contributed by atoms with E-state index in [1.807, 2.05) is 13.8 Å². The molecule has 1 aliphatic carbocycles. The first kappa shape index (κ1) is 25.2. The van der Waals surface area contributed by atoms with Crippen molar-refractivity contribution in [3.8, 4) is 0 Å². The average molecular weight is 439 g/mol. The predicted molar refractivity (Wildman–Crippen MR) is 123 cm³/mol. The van der Waals surface area contributed by atoms with Crippen LogP contribution in [0.1, 0.15) is 46.1 Å². The molecule has 170 valence electrons. The highest BCUT2D eigenvalue weighted by molar-refractivity contribution is 6.38. The van der Waals surface area contributed by atoms with E-state index >= 15 is 0 Å². The van der Waals surface area contributed by atoms with Crippen molar-refractivity contribution < 1.29 is 29.3 Å². The van der Waals surface area contributed by atoms with Gasteiger partial charge in [-0.25, -0.2) is 0 Å². The van der Waals surface area contributed by atoms with E-state index in [1.165, 1.54) is 13.2 Å². The Kier molecular flexibility index (Phi) is 7.88. The number of methoxy groups -OCH3 is 1. The van der Waals surface area contributed by atoms with Crippen LogP contribution >= 0.6 is 0 Å². The molecule has 1 aliphatic rings. The number of ketones is 3. The van der Waals surface area contributed by atoms with Gasteiger partial charge in [0.2, 0.25) is 17.3 Å². The van der Waals surface area contributed by atoms with Crippen LogP contribution in [-0.4, -0.2) is 45.9 Å². The number of rotatable bonds is 8. The van der Waals surface area contributed by atoms with Crippen molar-refractivity contribution in [1.29, 1.82) is 0 Å². The number of aliphatic hydroxyl groups excluding tert-OH is 1. The minimum atomic E-state index is -3.01. The summed E-state index contributed by atoms with van der Waals surface area (Å²) in [6.45, 7) is 7.21. The molecular weight excluding hydrogens is 408 g/mol. The lowest BCUT2D eigenvalue weighted by Gasteiger charge is -2.40. The Labute approximate surface area is 188 Å². The quantitative estimate of drug-likeness (QED) is 0.361. The number of hydrogen-bond acceptors (Lipinski definition) is 6. The van der Waals surface area contributed by atoms with Crippen LogP contribution in [0, 0.1) is 0 Å². The molecule has 0 unspecified atom stereocenters. The smallest absolute Gasteiger partial charge is 0.252 e. The van der Waals surface area contributed by atoms with E-state index < -0.39 is 34.3 Å². The molecule has 2 N–H and O–H groups in total. The van der Waals surface area contributed by atoms with E-state index in [9.17, 15) is 24.6 Å². The fraction of sp³-hybridized carbons (Fsp3) is 0.346. The van der Waals surface area contributed by atoms with Crippen molar-refractivity contribution in [2.24, 2.45) is 0 Å². The Bertz CT molecular complexity index is 1020. The maximum atomic E-state index is 13.5. The summed E-state index contributed by atoms with van der Waals surface area (Å²) in [4.78, 5) is 39.8. The van der Waals surface area contributed by atoms with Crippen molar-refractivity contribution in [1.82, 2.24) is 0 Å². The normalized spacial score (nSPS) is 23.4. The molecule has 1 aromatic rings. The Balaban J connectivity index is 2.67. The molecule has 2 atom stereocenters. The predicted octanol–water partition coefficient (Wildman–Crippen LogP) is 4.06. The number of allylic oxidation sites excluding steroid dienone is 3. The molecule has 0 amide bonds. The molecule has 0 fully saturated rings. The van der Waals surface area contributed by atoms with Gasteiger partial charge in [0.15, 0.2) is 5.60 Å². The van der Waals surface area contributed by atoms with Gasteiger partial charge in [-0.3, -0.25) is 14.4 Å². The molecule has 32 heavy (non-hydrogen) atoms. The average Bonchev–Trinajstić information content (AvgIpc) is 2.76. The van der Waals surface area contributed by atoms with Gasteiger partial charge in [0.25, 0.3) is 5.60 Å². The summed E-state index contributed by atoms with van der Waals surface area (Å²) >= 11 is 0. The highest BCUT2D eigenvalue weighted by Crippen LogP contribution is 2.40. The van der Waals surface area contributed by atoms with Gasteiger partial charge >= 0.3 is 0 Å². The summed E-state index contributed by atoms with van der Waals surface area (Å²) in [5.74, 6) is -3.99. The summed E-state index contributed by atoms with van der Waals surface area (Å²) in [5, 5.41) is 22.3. The fourth-order valence-corrected chi connectivity index (χ4v) is 3.46. The van der Waals surface area contributed by atoms with Crippen molar-refractivity contribution in [3.05, 3.63) is 76.6 Å². The van der Waals surface area contributed by atoms with Crippen LogP contribution in [0.5, 0.6) is 0 Å². The highest BCUT2D eigenvalue weighted by atomic mass is 16.5. The summed E-state index contributed by atoms with van der Waals surface area (Å²) in [5.41, 5.74) is -2.93. The maximum absolute atomic E-state index is 13.5. The first-order valence-corrected chi connectivity index (χ1v) is 10.3. The molecule has 2 rings (SSSR count). The summed E-state index contributed by atoms with van der Waals surface area (Å²) in [6, 6.07) is 8.81. The number of benzene rings is 1. The first-order valence-electron chi connectivity index (χ1n) is 10.3. The van der Waals surface area contributed by atoms with Crippen LogP contribution in [0.25, 0.3) is 6.08 Å². The molecule has 0 spiro atoms. The maximum Gasteiger partial charge on any atom is 0.252 e. The second kappa shape index (κ2) is 10.0. The van der Waals surface area contributed by atoms with Crippen molar-refractivity contribution in [2.75, 3.05) is 7.11 Å². The molecule has 6 nitrogen and oxygen atoms in total. The van der Waals surface area contributed by atoms with E-state index in [0.29, 0.717) is 5.56 Å². The van der Waals surface area contributed by atoms with Crippen LogP contribution in [0.15, 0.2) is 71.0 Å². The number of Topliss-reactive ketones (excluding diaryl/α,β-unsaturated/α-hetero) is 2. The van der Waals surface area contributed by atoms with Crippen LogP contribution in [0.4, 0.5) is 0 Å². The van der Waals surface area contributed by atoms with Crippen molar-refractivity contribution in [3.63, 3.8) is 0 Å². The number of hydrogen-bond donors (Lipinski definition) is 2. The van der Waals surface area contributed by atoms with Crippen LogP contribution in [-0.2, 0) is 19.1 Å². The molecule has 1 aromatic carbocycles. The Morgan fingerprint density at radius 2 is 1.62 bits per heavy atom. The zero-order valence-electron chi connectivity index (χ0n) is 19.1. The number of ether oxygens (including phenoxy) is 1. The van der Waals surface area contributed by atoms with Gasteiger partial charge < -0.3 is 14.9 Å². The lowest BCUT2D eigenvalue weighted by molar-refractivity contribution is -0.170. The lowest BCUT2D eigenvalue weighted by atomic mass is 9.68. The third-order valence-corrected chi connectivity index (χ3v) is 5.41. The standard InChI is InChI=1S/C26H30O6/c1-17(2)11-13-20-22(28)25(32-5,16-15-18(3)4)24(30)26(31,23(20)29)21(27)14-12-19-9-7-6-8-10-19/h6-12,14-15,28,31H,13,16H2,1-5H3/t25-,26+/m0/s1. The molecule has 0 radical (unpaired) electrons. The summed E-state index contributed by atoms with van der Waals surface area (Å²) in [6.07, 6.45) is 5.55. The third-order valence-electron chi connectivity index (χ3n) is 5.41. The first-order chi connectivity index (χ1) is 15.0. The van der Waals surface area contributed by atoms with Gasteiger partial charge in [0, 0.05) is 19.1 Å². The second-order valence-electron chi connectivity index (χ2n) is 8.31. The molecule has 0 aromatic heterocycles. The molecular formula is C26H30O6. The SMILES string of the molecule is CO[C@]1(CC=C(C)C)C(=O)[C@@](O)(C(=O)C=Cc2ccccc2)C(=O)C(CC=C(C)C)=C1O. The van der Waals surface area contributed by atoms with Crippen LogP contribution in [0.2, 0.25) is 0 Å². The number of aliphatic hydroxyl groups is 2. The van der Waals surface area contributed by atoms with Gasteiger partial charge in [-0.2, -0.15) is 0 Å². The van der Waals surface area contributed by atoms with Crippen molar-refractivity contribution >= 4 is 23.4 Å². The molecule has 0 heterocycles. The minimum absolute atomic E-state index is 0.0573.